The molecule has 0 saturated carbocycles. The summed E-state index contributed by atoms with van der Waals surface area (Å²) in [6, 6.07) is 13.4. The van der Waals surface area contributed by atoms with Crippen LogP contribution in [-0.2, 0) is 4.79 Å². The topological polar surface area (TPSA) is 76.7 Å². The number of likely N-dealkylation sites (tertiary alicyclic amines) is 1. The van der Waals surface area contributed by atoms with Crippen LogP contribution in [0.25, 0.3) is 11.0 Å². The Morgan fingerprint density at radius 3 is 3.00 bits per heavy atom. The second-order valence-electron chi connectivity index (χ2n) is 7.54. The monoisotopic (exact) mass is 393 g/mol. The minimum atomic E-state index is -0.579. The summed E-state index contributed by atoms with van der Waals surface area (Å²) in [6.07, 6.45) is 1.38. The highest BCUT2D eigenvalue weighted by molar-refractivity contribution is 5.81. The van der Waals surface area contributed by atoms with E-state index >= 15 is 0 Å². The summed E-state index contributed by atoms with van der Waals surface area (Å²) in [5, 5.41) is 0. The molecular weight excluding hydrogens is 370 g/mol. The van der Waals surface area contributed by atoms with E-state index in [0.29, 0.717) is 23.8 Å². The van der Waals surface area contributed by atoms with Crippen molar-refractivity contribution < 1.29 is 19.0 Å². The lowest BCUT2D eigenvalue weighted by atomic mass is 9.97. The number of fused-ring (bicyclic) bond motifs is 2. The molecule has 1 fully saturated rings. The van der Waals surface area contributed by atoms with Crippen LogP contribution < -0.4 is 14.2 Å². The van der Waals surface area contributed by atoms with Crippen molar-refractivity contribution in [2.24, 2.45) is 0 Å². The number of benzene rings is 2. The Morgan fingerprint density at radius 1 is 1.24 bits per heavy atom. The van der Waals surface area contributed by atoms with Gasteiger partial charge in [0.25, 0.3) is 5.91 Å². The molecule has 5 rings (SSSR count). The summed E-state index contributed by atoms with van der Waals surface area (Å²) in [4.78, 5) is 23.0. The van der Waals surface area contributed by atoms with Gasteiger partial charge in [-0.1, -0.05) is 12.1 Å². The quantitative estimate of drug-likeness (QED) is 0.735. The number of carbonyl (C=O) groups excluding carboxylic acids is 1. The summed E-state index contributed by atoms with van der Waals surface area (Å²) < 4.78 is 16.6. The Labute approximate surface area is 168 Å². The standard InChI is InChI=1S/C22H23N3O4/c1-14(29-16-8-9-19-20(11-16)28-13-27-19)22(26)25-10-4-5-15(12-25)21-23-17-6-2-3-7-18(17)24-21/h2-3,6-9,11,14-15H,4-5,10,12-13H2,1H3,(H,23,24). The fourth-order valence-electron chi connectivity index (χ4n) is 4.03. The van der Waals surface area contributed by atoms with Gasteiger partial charge in [-0.05, 0) is 44.0 Å². The van der Waals surface area contributed by atoms with Gasteiger partial charge in [0, 0.05) is 25.1 Å². The number of ether oxygens (including phenoxy) is 3. The molecular formula is C22H23N3O4. The van der Waals surface area contributed by atoms with E-state index in [1.165, 1.54) is 0 Å². The molecule has 1 aromatic heterocycles. The molecule has 2 unspecified atom stereocenters. The van der Waals surface area contributed by atoms with E-state index in [9.17, 15) is 4.79 Å². The van der Waals surface area contributed by atoms with Crippen LogP contribution in [0.4, 0.5) is 0 Å². The largest absolute Gasteiger partial charge is 0.481 e. The third-order valence-electron chi connectivity index (χ3n) is 5.53. The van der Waals surface area contributed by atoms with E-state index in [-0.39, 0.29) is 18.6 Å². The van der Waals surface area contributed by atoms with E-state index in [0.717, 1.165) is 36.2 Å². The van der Waals surface area contributed by atoms with Crippen molar-refractivity contribution in [2.75, 3.05) is 19.9 Å². The maximum absolute atomic E-state index is 13.0. The fourth-order valence-corrected chi connectivity index (χ4v) is 4.03. The summed E-state index contributed by atoms with van der Waals surface area (Å²) in [7, 11) is 0. The van der Waals surface area contributed by atoms with Crippen LogP contribution in [0.2, 0.25) is 0 Å². The molecule has 0 radical (unpaired) electrons. The van der Waals surface area contributed by atoms with Gasteiger partial charge in [-0.25, -0.2) is 4.98 Å². The zero-order valence-corrected chi connectivity index (χ0v) is 16.3. The van der Waals surface area contributed by atoms with Crippen LogP contribution in [0, 0.1) is 0 Å². The van der Waals surface area contributed by atoms with Crippen LogP contribution in [0.5, 0.6) is 17.2 Å². The Kier molecular flexibility index (Phi) is 4.50. The molecule has 1 saturated heterocycles. The number of imidazole rings is 1. The highest BCUT2D eigenvalue weighted by atomic mass is 16.7. The lowest BCUT2D eigenvalue weighted by molar-refractivity contribution is -0.139. The third-order valence-corrected chi connectivity index (χ3v) is 5.53. The molecule has 150 valence electrons. The van der Waals surface area contributed by atoms with Gasteiger partial charge in [0.15, 0.2) is 17.6 Å². The summed E-state index contributed by atoms with van der Waals surface area (Å²) in [5.74, 6) is 3.08. The first kappa shape index (κ1) is 17.8. The van der Waals surface area contributed by atoms with Gasteiger partial charge in [0.1, 0.15) is 11.6 Å². The van der Waals surface area contributed by atoms with E-state index in [1.54, 1.807) is 25.1 Å². The van der Waals surface area contributed by atoms with Gasteiger partial charge >= 0.3 is 0 Å². The summed E-state index contributed by atoms with van der Waals surface area (Å²) in [5.41, 5.74) is 2.00. The number of amides is 1. The average Bonchev–Trinajstić information content (AvgIpc) is 3.39. The highest BCUT2D eigenvalue weighted by Gasteiger charge is 2.30. The number of hydrogen-bond donors (Lipinski definition) is 1. The predicted molar refractivity (Wildman–Crippen MR) is 107 cm³/mol. The number of piperidine rings is 1. The number of aromatic nitrogens is 2. The zero-order valence-electron chi connectivity index (χ0n) is 16.3. The molecule has 2 aromatic carbocycles. The highest BCUT2D eigenvalue weighted by Crippen LogP contribution is 2.35. The SMILES string of the molecule is CC(Oc1ccc2c(c1)OCO2)C(=O)N1CCCC(c2nc3ccccc3[nH]2)C1. The smallest absolute Gasteiger partial charge is 0.263 e. The number of rotatable bonds is 4. The molecule has 2 aliphatic rings. The summed E-state index contributed by atoms with van der Waals surface area (Å²) >= 11 is 0. The normalized spacial score (nSPS) is 19.3. The molecule has 0 aliphatic carbocycles. The molecule has 7 heteroatoms. The molecule has 2 atom stereocenters. The molecule has 3 heterocycles. The molecule has 2 aliphatic heterocycles. The molecule has 29 heavy (non-hydrogen) atoms. The second-order valence-corrected chi connectivity index (χ2v) is 7.54. The minimum absolute atomic E-state index is 0.0107. The van der Waals surface area contributed by atoms with Gasteiger partial charge in [-0.3, -0.25) is 4.79 Å². The van der Waals surface area contributed by atoms with Gasteiger partial charge < -0.3 is 24.1 Å². The van der Waals surface area contributed by atoms with Crippen LogP contribution in [0.15, 0.2) is 42.5 Å². The Morgan fingerprint density at radius 2 is 2.10 bits per heavy atom. The van der Waals surface area contributed by atoms with Crippen molar-refractivity contribution in [3.8, 4) is 17.2 Å². The van der Waals surface area contributed by atoms with E-state index in [2.05, 4.69) is 4.98 Å². The first-order valence-electron chi connectivity index (χ1n) is 9.97. The van der Waals surface area contributed by atoms with Crippen molar-refractivity contribution in [1.29, 1.82) is 0 Å². The number of para-hydroxylation sites is 2. The van der Waals surface area contributed by atoms with E-state index in [1.807, 2.05) is 29.2 Å². The molecule has 1 N–H and O–H groups in total. The molecule has 0 spiro atoms. The first-order chi connectivity index (χ1) is 14.2. The van der Waals surface area contributed by atoms with Crippen molar-refractivity contribution >= 4 is 16.9 Å². The van der Waals surface area contributed by atoms with Crippen LogP contribution in [-0.4, -0.2) is 46.8 Å². The van der Waals surface area contributed by atoms with Crippen LogP contribution in [0.3, 0.4) is 0 Å². The van der Waals surface area contributed by atoms with Crippen LogP contribution >= 0.6 is 0 Å². The lowest BCUT2D eigenvalue weighted by Gasteiger charge is -2.33. The van der Waals surface area contributed by atoms with Crippen molar-refractivity contribution in [1.82, 2.24) is 14.9 Å². The molecule has 1 amide bonds. The van der Waals surface area contributed by atoms with Gasteiger partial charge in [-0.2, -0.15) is 0 Å². The van der Waals surface area contributed by atoms with Gasteiger partial charge in [-0.15, -0.1) is 0 Å². The number of H-pyrrole nitrogens is 1. The van der Waals surface area contributed by atoms with Crippen LogP contribution in [0.1, 0.15) is 31.5 Å². The number of nitrogens with zero attached hydrogens (tertiary/aromatic N) is 2. The van der Waals surface area contributed by atoms with Gasteiger partial charge in [0.2, 0.25) is 6.79 Å². The Bertz CT molecular complexity index is 1010. The lowest BCUT2D eigenvalue weighted by Crippen LogP contribution is -2.45. The average molecular weight is 393 g/mol. The second kappa shape index (κ2) is 7.31. The minimum Gasteiger partial charge on any atom is -0.481 e. The predicted octanol–water partition coefficient (Wildman–Crippen LogP) is 3.47. The fraction of sp³-hybridized carbons (Fsp3) is 0.364. The van der Waals surface area contributed by atoms with Crippen molar-refractivity contribution in [3.05, 3.63) is 48.3 Å². The summed E-state index contributed by atoms with van der Waals surface area (Å²) in [6.45, 7) is 3.39. The number of carbonyl (C=O) groups is 1. The van der Waals surface area contributed by atoms with E-state index < -0.39 is 6.10 Å². The third kappa shape index (κ3) is 3.48. The number of nitrogens with one attached hydrogen (secondary N) is 1. The van der Waals surface area contributed by atoms with E-state index in [4.69, 9.17) is 19.2 Å². The number of aromatic amines is 1. The molecule has 0 bridgehead atoms. The van der Waals surface area contributed by atoms with Gasteiger partial charge in [0.05, 0.1) is 11.0 Å². The Balaban J connectivity index is 1.26. The maximum atomic E-state index is 13.0. The van der Waals surface area contributed by atoms with Crippen molar-refractivity contribution in [2.45, 2.75) is 31.8 Å². The first-order valence-corrected chi connectivity index (χ1v) is 9.97. The maximum Gasteiger partial charge on any atom is 0.263 e. The molecule has 3 aromatic rings. The number of hydrogen-bond acceptors (Lipinski definition) is 5. The zero-order chi connectivity index (χ0) is 19.8. The Hall–Kier alpha value is -3.22. The van der Waals surface area contributed by atoms with Crippen molar-refractivity contribution in [3.63, 3.8) is 0 Å². The molecule has 7 nitrogen and oxygen atoms in total.